The van der Waals surface area contributed by atoms with Crippen LogP contribution in [-0.2, 0) is 23.0 Å². The molecule has 3 rings (SSSR count). The number of aryl methyl sites for hydroxylation is 1. The molecule has 1 saturated heterocycles. The Labute approximate surface area is 145 Å². The van der Waals surface area contributed by atoms with Crippen LogP contribution in [0.25, 0.3) is 0 Å². The molecule has 0 bridgehead atoms. The predicted molar refractivity (Wildman–Crippen MR) is 93.7 cm³/mol. The van der Waals surface area contributed by atoms with E-state index >= 15 is 0 Å². The van der Waals surface area contributed by atoms with Crippen molar-refractivity contribution in [2.24, 2.45) is 0 Å². The van der Waals surface area contributed by atoms with Gasteiger partial charge in [-0.15, -0.1) is 11.3 Å². The van der Waals surface area contributed by atoms with E-state index in [4.69, 9.17) is 0 Å². The Morgan fingerprint density at radius 1 is 1.29 bits per heavy atom. The van der Waals surface area contributed by atoms with E-state index in [0.29, 0.717) is 5.69 Å². The molecule has 8 heteroatoms. The lowest BCUT2D eigenvalue weighted by Crippen LogP contribution is -2.27. The van der Waals surface area contributed by atoms with Gasteiger partial charge >= 0.3 is 0 Å². The number of rotatable bonds is 6. The maximum absolute atomic E-state index is 12.4. The first-order chi connectivity index (χ1) is 11.5. The monoisotopic (exact) mass is 367 g/mol. The summed E-state index contributed by atoms with van der Waals surface area (Å²) in [5.41, 5.74) is 0.321. The summed E-state index contributed by atoms with van der Waals surface area (Å²) in [7, 11) is -3.64. The van der Waals surface area contributed by atoms with Gasteiger partial charge in [0.2, 0.25) is 10.0 Å². The minimum absolute atomic E-state index is 0.0947. The van der Waals surface area contributed by atoms with Gasteiger partial charge in [0, 0.05) is 35.6 Å². The molecule has 0 atom stereocenters. The van der Waals surface area contributed by atoms with Gasteiger partial charge in [0.1, 0.15) is 10.6 Å². The normalized spacial score (nSPS) is 15.1. The Morgan fingerprint density at radius 3 is 2.67 bits per heavy atom. The third-order valence-corrected chi connectivity index (χ3v) is 6.70. The van der Waals surface area contributed by atoms with Crippen molar-refractivity contribution >= 4 is 27.3 Å². The first-order valence-electron chi connectivity index (χ1n) is 8.04. The molecule has 2 aromatic rings. The second-order valence-corrected chi connectivity index (χ2v) is 8.81. The van der Waals surface area contributed by atoms with Gasteiger partial charge in [-0.05, 0) is 37.5 Å². The third-order valence-electron chi connectivity index (χ3n) is 4.09. The topological polar surface area (TPSA) is 82.3 Å². The molecule has 3 heterocycles. The molecule has 1 aliphatic rings. The smallest absolute Gasteiger partial charge is 0.270 e. The minimum atomic E-state index is -3.64. The molecule has 6 nitrogen and oxygen atoms in total. The molecular formula is C16H21N3O3S2. The summed E-state index contributed by atoms with van der Waals surface area (Å²) in [6, 6.07) is 5.36. The number of likely N-dealkylation sites (tertiary alicyclic amines) is 1. The van der Waals surface area contributed by atoms with Gasteiger partial charge in [-0.2, -0.15) is 0 Å². The highest BCUT2D eigenvalue weighted by Crippen LogP contribution is 2.19. The number of hydrogen-bond acceptors (Lipinski definition) is 4. The highest BCUT2D eigenvalue weighted by atomic mass is 32.2. The van der Waals surface area contributed by atoms with Gasteiger partial charge in [0.05, 0.1) is 0 Å². The Balaban J connectivity index is 1.67. The van der Waals surface area contributed by atoms with Gasteiger partial charge < -0.3 is 9.88 Å². The van der Waals surface area contributed by atoms with Crippen LogP contribution in [0.1, 0.15) is 40.0 Å². The number of H-pyrrole nitrogens is 1. The van der Waals surface area contributed by atoms with Gasteiger partial charge in [-0.3, -0.25) is 4.79 Å². The van der Waals surface area contributed by atoms with Crippen LogP contribution >= 0.6 is 11.3 Å². The third kappa shape index (κ3) is 3.71. The van der Waals surface area contributed by atoms with Crippen molar-refractivity contribution in [3.63, 3.8) is 0 Å². The van der Waals surface area contributed by atoms with E-state index in [1.807, 2.05) is 12.1 Å². The summed E-state index contributed by atoms with van der Waals surface area (Å²) in [5.74, 6) is -0.139. The lowest BCUT2D eigenvalue weighted by molar-refractivity contribution is 0.0787. The van der Waals surface area contributed by atoms with Crippen molar-refractivity contribution < 1.29 is 13.2 Å². The summed E-state index contributed by atoms with van der Waals surface area (Å²) in [6.07, 6.45) is 4.31. The molecule has 1 amide bonds. The number of carbonyl (C=O) groups excluding carboxylic acids is 1. The molecule has 0 aliphatic carbocycles. The van der Waals surface area contributed by atoms with Crippen molar-refractivity contribution in [1.29, 1.82) is 0 Å². The fourth-order valence-electron chi connectivity index (χ4n) is 2.70. The first kappa shape index (κ1) is 17.2. The minimum Gasteiger partial charge on any atom is -0.356 e. The van der Waals surface area contributed by atoms with E-state index in [1.165, 1.54) is 17.1 Å². The number of amides is 1. The number of aromatic amines is 1. The Bertz CT molecular complexity index is 817. The summed E-state index contributed by atoms with van der Waals surface area (Å²) in [6.45, 7) is 3.79. The van der Waals surface area contributed by atoms with E-state index in [1.54, 1.807) is 16.2 Å². The van der Waals surface area contributed by atoms with Crippen molar-refractivity contribution in [2.75, 3.05) is 13.1 Å². The fourth-order valence-corrected chi connectivity index (χ4v) is 4.69. The summed E-state index contributed by atoms with van der Waals surface area (Å²) in [4.78, 5) is 19.1. The summed E-state index contributed by atoms with van der Waals surface area (Å²) in [5, 5.41) is 0. The number of hydrogen-bond donors (Lipinski definition) is 2. The SMILES string of the molecule is CCc1ccc(CNS(=O)(=O)c2c[nH]c(C(=O)N3CCCC3)c2)s1. The lowest BCUT2D eigenvalue weighted by atomic mass is 10.4. The zero-order valence-electron chi connectivity index (χ0n) is 13.5. The Morgan fingerprint density at radius 2 is 2.00 bits per heavy atom. The van der Waals surface area contributed by atoms with Gasteiger partial charge in [0.15, 0.2) is 0 Å². The second-order valence-electron chi connectivity index (χ2n) is 5.79. The first-order valence-corrected chi connectivity index (χ1v) is 10.3. The van der Waals surface area contributed by atoms with Crippen molar-refractivity contribution in [3.05, 3.63) is 39.8 Å². The number of aromatic nitrogens is 1. The molecule has 2 aromatic heterocycles. The number of sulfonamides is 1. The van der Waals surface area contributed by atoms with E-state index in [0.717, 1.165) is 37.2 Å². The van der Waals surface area contributed by atoms with E-state index < -0.39 is 10.0 Å². The number of carbonyl (C=O) groups is 1. The van der Waals surface area contributed by atoms with Crippen molar-refractivity contribution in [3.8, 4) is 0 Å². The summed E-state index contributed by atoms with van der Waals surface area (Å²) >= 11 is 1.60. The molecule has 0 saturated carbocycles. The number of thiophene rings is 1. The highest BCUT2D eigenvalue weighted by Gasteiger charge is 2.23. The Hall–Kier alpha value is -1.64. The molecule has 0 spiro atoms. The standard InChI is InChI=1S/C16H21N3O3S2/c1-2-12-5-6-13(23-12)10-18-24(21,22)14-9-15(17-11-14)16(20)19-7-3-4-8-19/h5-6,9,11,17-18H,2-4,7-8,10H2,1H3. The largest absolute Gasteiger partial charge is 0.356 e. The molecule has 1 aliphatic heterocycles. The van der Waals surface area contributed by atoms with Crippen LogP contribution < -0.4 is 4.72 Å². The maximum atomic E-state index is 12.4. The van der Waals surface area contributed by atoms with Gasteiger partial charge in [-0.1, -0.05) is 6.92 Å². The van der Waals surface area contributed by atoms with Crippen LogP contribution in [0.3, 0.4) is 0 Å². The van der Waals surface area contributed by atoms with Gasteiger partial charge in [-0.25, -0.2) is 13.1 Å². The predicted octanol–water partition coefficient (Wildman–Crippen LogP) is 2.35. The average molecular weight is 367 g/mol. The molecule has 0 unspecified atom stereocenters. The van der Waals surface area contributed by atoms with Crippen LogP contribution in [0, 0.1) is 0 Å². The molecule has 0 radical (unpaired) electrons. The van der Waals surface area contributed by atoms with Crippen molar-refractivity contribution in [1.82, 2.24) is 14.6 Å². The number of nitrogens with one attached hydrogen (secondary N) is 2. The average Bonchev–Trinajstić information content (AvgIpc) is 3.33. The van der Waals surface area contributed by atoms with Crippen LogP contribution in [0.2, 0.25) is 0 Å². The van der Waals surface area contributed by atoms with Gasteiger partial charge in [0.25, 0.3) is 5.91 Å². The molecule has 2 N–H and O–H groups in total. The zero-order chi connectivity index (χ0) is 17.2. The van der Waals surface area contributed by atoms with E-state index in [2.05, 4.69) is 16.6 Å². The lowest BCUT2D eigenvalue weighted by Gasteiger charge is -2.13. The molecule has 0 aromatic carbocycles. The quantitative estimate of drug-likeness (QED) is 0.822. The molecule has 1 fully saturated rings. The Kier molecular flexibility index (Phi) is 5.07. The van der Waals surface area contributed by atoms with Crippen LogP contribution in [-0.4, -0.2) is 37.3 Å². The zero-order valence-corrected chi connectivity index (χ0v) is 15.2. The van der Waals surface area contributed by atoms with E-state index in [9.17, 15) is 13.2 Å². The fraction of sp³-hybridized carbons (Fsp3) is 0.438. The highest BCUT2D eigenvalue weighted by molar-refractivity contribution is 7.89. The summed E-state index contributed by atoms with van der Waals surface area (Å²) < 4.78 is 27.4. The van der Waals surface area contributed by atoms with Crippen LogP contribution in [0.4, 0.5) is 0 Å². The number of nitrogens with zero attached hydrogens (tertiary/aromatic N) is 1. The van der Waals surface area contributed by atoms with Crippen LogP contribution in [0.5, 0.6) is 0 Å². The molecular weight excluding hydrogens is 346 g/mol. The molecule has 130 valence electrons. The molecule has 24 heavy (non-hydrogen) atoms. The second kappa shape index (κ2) is 7.08. The maximum Gasteiger partial charge on any atom is 0.270 e. The van der Waals surface area contributed by atoms with Crippen LogP contribution in [0.15, 0.2) is 29.3 Å². The van der Waals surface area contributed by atoms with E-state index in [-0.39, 0.29) is 17.3 Å². The van der Waals surface area contributed by atoms with Crippen molar-refractivity contribution in [2.45, 2.75) is 37.6 Å².